The Kier molecular flexibility index (Phi) is 5.97. The molecule has 25 heavy (non-hydrogen) atoms. The molecule has 0 saturated carbocycles. The number of H-pyrrole nitrogens is 1. The smallest absolute Gasteiger partial charge is 0.191 e. The topological polar surface area (TPSA) is 55.4 Å². The second kappa shape index (κ2) is 8.39. The number of fused-ring (bicyclic) bond motifs is 1. The third-order valence-corrected chi connectivity index (χ3v) is 5.33. The average Bonchev–Trinajstić information content (AvgIpc) is 3.21. The molecule has 0 bridgehead atoms. The lowest BCUT2D eigenvalue weighted by atomic mass is 10.1. The van der Waals surface area contributed by atoms with E-state index in [0.29, 0.717) is 6.04 Å². The number of nitrogens with zero attached hydrogens (tertiary/aromatic N) is 2. The van der Waals surface area contributed by atoms with Crippen LogP contribution in [-0.4, -0.2) is 55.1 Å². The van der Waals surface area contributed by atoms with Crippen molar-refractivity contribution in [3.05, 3.63) is 35.5 Å². The van der Waals surface area contributed by atoms with Gasteiger partial charge in [-0.3, -0.25) is 9.89 Å². The summed E-state index contributed by atoms with van der Waals surface area (Å²) in [5.74, 6) is 0.903. The fourth-order valence-corrected chi connectivity index (χ4v) is 3.94. The zero-order valence-corrected chi connectivity index (χ0v) is 15.7. The van der Waals surface area contributed by atoms with E-state index in [4.69, 9.17) is 0 Å². The number of para-hydroxylation sites is 1. The molecule has 5 nitrogen and oxygen atoms in total. The van der Waals surface area contributed by atoms with E-state index < -0.39 is 0 Å². The van der Waals surface area contributed by atoms with Crippen molar-refractivity contribution in [2.45, 2.75) is 39.2 Å². The van der Waals surface area contributed by atoms with Crippen LogP contribution in [0.25, 0.3) is 10.9 Å². The number of aromatic nitrogens is 1. The molecular weight excluding hydrogens is 310 g/mol. The molecule has 3 N–H and O–H groups in total. The van der Waals surface area contributed by atoms with Crippen LogP contribution in [0.1, 0.15) is 31.0 Å². The summed E-state index contributed by atoms with van der Waals surface area (Å²) in [4.78, 5) is 10.4. The van der Waals surface area contributed by atoms with Crippen molar-refractivity contribution in [2.75, 3.05) is 33.2 Å². The highest BCUT2D eigenvalue weighted by molar-refractivity contribution is 5.84. The standard InChI is InChI=1S/C20H31N5/c1-4-25-13-7-8-16(25)14-23-20(21-3)22-12-11-17-15(2)24-19-10-6-5-9-18(17)19/h5-6,9-10,16,24H,4,7-8,11-14H2,1-3H3,(H2,21,22,23). The Morgan fingerprint density at radius 1 is 1.32 bits per heavy atom. The monoisotopic (exact) mass is 341 g/mol. The van der Waals surface area contributed by atoms with Crippen LogP contribution in [0, 0.1) is 6.92 Å². The number of hydrogen-bond acceptors (Lipinski definition) is 2. The number of rotatable bonds is 6. The molecule has 0 aliphatic carbocycles. The van der Waals surface area contributed by atoms with Crippen LogP contribution in [0.5, 0.6) is 0 Å². The van der Waals surface area contributed by atoms with Crippen LogP contribution in [0.2, 0.25) is 0 Å². The number of hydrogen-bond donors (Lipinski definition) is 3. The molecule has 1 aliphatic rings. The van der Waals surface area contributed by atoms with E-state index >= 15 is 0 Å². The highest BCUT2D eigenvalue weighted by Gasteiger charge is 2.22. The molecule has 1 unspecified atom stereocenters. The van der Waals surface area contributed by atoms with Crippen LogP contribution in [0.3, 0.4) is 0 Å². The molecule has 0 radical (unpaired) electrons. The fraction of sp³-hybridized carbons (Fsp3) is 0.550. The normalized spacial score (nSPS) is 18.8. The summed E-state index contributed by atoms with van der Waals surface area (Å²) < 4.78 is 0. The fourth-order valence-electron chi connectivity index (χ4n) is 3.94. The number of benzene rings is 1. The number of likely N-dealkylation sites (N-methyl/N-ethyl adjacent to an activating group) is 1. The highest BCUT2D eigenvalue weighted by atomic mass is 15.2. The van der Waals surface area contributed by atoms with Gasteiger partial charge in [0.15, 0.2) is 5.96 Å². The number of guanidine groups is 1. The number of likely N-dealkylation sites (tertiary alicyclic amines) is 1. The Morgan fingerprint density at radius 3 is 2.96 bits per heavy atom. The van der Waals surface area contributed by atoms with Crippen molar-refractivity contribution < 1.29 is 0 Å². The maximum absolute atomic E-state index is 4.37. The van der Waals surface area contributed by atoms with Gasteiger partial charge in [-0.15, -0.1) is 0 Å². The number of aryl methyl sites for hydroxylation is 1. The molecule has 2 heterocycles. The third kappa shape index (κ3) is 4.15. The number of aromatic amines is 1. The van der Waals surface area contributed by atoms with Crippen molar-refractivity contribution in [2.24, 2.45) is 4.99 Å². The van der Waals surface area contributed by atoms with E-state index in [0.717, 1.165) is 32.0 Å². The Balaban J connectivity index is 1.50. The molecule has 0 spiro atoms. The second-order valence-electron chi connectivity index (χ2n) is 6.83. The van der Waals surface area contributed by atoms with E-state index in [9.17, 15) is 0 Å². The Hall–Kier alpha value is -2.01. The summed E-state index contributed by atoms with van der Waals surface area (Å²) in [6.45, 7) is 8.62. The molecule has 1 aromatic carbocycles. The molecule has 1 aliphatic heterocycles. The maximum atomic E-state index is 4.37. The minimum Gasteiger partial charge on any atom is -0.358 e. The quantitative estimate of drug-likeness (QED) is 0.559. The first kappa shape index (κ1) is 17.8. The Bertz CT molecular complexity index is 718. The number of aliphatic imine (C=N–C) groups is 1. The first-order chi connectivity index (χ1) is 12.2. The maximum Gasteiger partial charge on any atom is 0.191 e. The van der Waals surface area contributed by atoms with E-state index in [1.807, 2.05) is 7.05 Å². The van der Waals surface area contributed by atoms with Gasteiger partial charge in [0.05, 0.1) is 0 Å². The molecule has 1 aromatic heterocycles. The summed E-state index contributed by atoms with van der Waals surface area (Å²) in [6.07, 6.45) is 3.58. The van der Waals surface area contributed by atoms with Gasteiger partial charge in [-0.25, -0.2) is 0 Å². The predicted molar refractivity (Wildman–Crippen MR) is 106 cm³/mol. The number of nitrogens with one attached hydrogen (secondary N) is 3. The van der Waals surface area contributed by atoms with Gasteiger partial charge in [-0.2, -0.15) is 0 Å². The van der Waals surface area contributed by atoms with Crippen LogP contribution in [0.15, 0.2) is 29.3 Å². The third-order valence-electron chi connectivity index (χ3n) is 5.33. The molecular formula is C20H31N5. The molecule has 136 valence electrons. The van der Waals surface area contributed by atoms with Crippen molar-refractivity contribution >= 4 is 16.9 Å². The molecule has 1 saturated heterocycles. The van der Waals surface area contributed by atoms with Crippen LogP contribution in [0.4, 0.5) is 0 Å². The minimum atomic E-state index is 0.638. The van der Waals surface area contributed by atoms with Gasteiger partial charge < -0.3 is 15.6 Å². The highest BCUT2D eigenvalue weighted by Crippen LogP contribution is 2.21. The summed E-state index contributed by atoms with van der Waals surface area (Å²) >= 11 is 0. The van der Waals surface area contributed by atoms with Gasteiger partial charge in [0.1, 0.15) is 0 Å². The first-order valence-electron chi connectivity index (χ1n) is 9.47. The van der Waals surface area contributed by atoms with Crippen LogP contribution >= 0.6 is 0 Å². The molecule has 5 heteroatoms. The molecule has 1 fully saturated rings. The minimum absolute atomic E-state index is 0.638. The van der Waals surface area contributed by atoms with E-state index in [1.54, 1.807) is 0 Å². The van der Waals surface area contributed by atoms with E-state index in [1.165, 1.54) is 41.5 Å². The molecule has 1 atom stereocenters. The molecule has 3 rings (SSSR count). The SMILES string of the molecule is CCN1CCCC1CNC(=NC)NCCc1c(C)[nH]c2ccccc12. The zero-order valence-electron chi connectivity index (χ0n) is 15.7. The summed E-state index contributed by atoms with van der Waals surface area (Å²) in [5, 5.41) is 8.29. The van der Waals surface area contributed by atoms with Gasteiger partial charge in [-0.05, 0) is 50.9 Å². The lowest BCUT2D eigenvalue weighted by molar-refractivity contribution is 0.267. The van der Waals surface area contributed by atoms with Gasteiger partial charge in [0.25, 0.3) is 0 Å². The van der Waals surface area contributed by atoms with Gasteiger partial charge in [0, 0.05) is 42.8 Å². The largest absolute Gasteiger partial charge is 0.358 e. The van der Waals surface area contributed by atoms with Gasteiger partial charge in [0.2, 0.25) is 0 Å². The van der Waals surface area contributed by atoms with E-state index in [-0.39, 0.29) is 0 Å². The van der Waals surface area contributed by atoms with Gasteiger partial charge in [-0.1, -0.05) is 25.1 Å². The van der Waals surface area contributed by atoms with Crippen molar-refractivity contribution in [1.29, 1.82) is 0 Å². The van der Waals surface area contributed by atoms with Gasteiger partial charge >= 0.3 is 0 Å². The lowest BCUT2D eigenvalue weighted by Gasteiger charge is -2.24. The van der Waals surface area contributed by atoms with Crippen molar-refractivity contribution in [3.8, 4) is 0 Å². The Morgan fingerprint density at radius 2 is 2.16 bits per heavy atom. The van der Waals surface area contributed by atoms with Crippen molar-refractivity contribution in [3.63, 3.8) is 0 Å². The predicted octanol–water partition coefficient (Wildman–Crippen LogP) is 2.67. The van der Waals surface area contributed by atoms with Crippen LogP contribution < -0.4 is 10.6 Å². The zero-order chi connectivity index (χ0) is 17.6. The summed E-state index contributed by atoms with van der Waals surface area (Å²) in [7, 11) is 1.85. The average molecular weight is 342 g/mol. The summed E-state index contributed by atoms with van der Waals surface area (Å²) in [5.41, 5.74) is 3.88. The second-order valence-corrected chi connectivity index (χ2v) is 6.83. The molecule has 0 amide bonds. The molecule has 2 aromatic rings. The van der Waals surface area contributed by atoms with Crippen molar-refractivity contribution in [1.82, 2.24) is 20.5 Å². The van der Waals surface area contributed by atoms with Crippen LogP contribution in [-0.2, 0) is 6.42 Å². The lowest BCUT2D eigenvalue weighted by Crippen LogP contribution is -2.45. The van der Waals surface area contributed by atoms with E-state index in [2.05, 4.69) is 63.6 Å². The summed E-state index contributed by atoms with van der Waals surface area (Å²) in [6, 6.07) is 9.16. The Labute approximate surface area is 150 Å². The first-order valence-corrected chi connectivity index (χ1v) is 9.47.